The molecule has 0 fully saturated rings. The molecule has 1 aromatic heterocycles. The number of amides is 1. The van der Waals surface area contributed by atoms with Gasteiger partial charge in [0.25, 0.3) is 5.22 Å². The van der Waals surface area contributed by atoms with Crippen molar-refractivity contribution < 1.29 is 9.21 Å². The summed E-state index contributed by atoms with van der Waals surface area (Å²) in [4.78, 5) is 14.3. The number of hydrogen-bond donors (Lipinski definition) is 0. The highest BCUT2D eigenvalue weighted by Gasteiger charge is 2.24. The molecule has 0 radical (unpaired) electrons. The van der Waals surface area contributed by atoms with Gasteiger partial charge in [-0.05, 0) is 30.2 Å². The largest absolute Gasteiger partial charge is 0.411 e. The van der Waals surface area contributed by atoms with Crippen molar-refractivity contribution in [3.63, 3.8) is 0 Å². The highest BCUT2D eigenvalue weighted by molar-refractivity contribution is 7.99. The molecule has 1 aliphatic rings. The highest BCUT2D eigenvalue weighted by atomic mass is 32.2. The summed E-state index contributed by atoms with van der Waals surface area (Å²) in [6.07, 6.45) is 0.908. The van der Waals surface area contributed by atoms with Crippen LogP contribution >= 0.6 is 11.8 Å². The SMILES string of the molecule is O=C(CSc1nnc(-c2ccccc2)o1)N1CCc2ccccc21. The quantitative estimate of drug-likeness (QED) is 0.683. The number of anilines is 1. The van der Waals surface area contributed by atoms with E-state index in [0.29, 0.717) is 11.1 Å². The molecule has 0 bridgehead atoms. The maximum absolute atomic E-state index is 12.5. The lowest BCUT2D eigenvalue weighted by Gasteiger charge is -2.16. The summed E-state index contributed by atoms with van der Waals surface area (Å²) in [5.74, 6) is 0.812. The number of nitrogens with zero attached hydrogens (tertiary/aromatic N) is 3. The third kappa shape index (κ3) is 2.92. The number of carbonyl (C=O) groups excluding carboxylic acids is 1. The molecule has 0 N–H and O–H groups in total. The summed E-state index contributed by atoms with van der Waals surface area (Å²) >= 11 is 1.27. The van der Waals surface area contributed by atoms with E-state index in [4.69, 9.17) is 4.42 Å². The number of carbonyl (C=O) groups is 1. The molecular weight excluding hydrogens is 322 g/mol. The average molecular weight is 337 g/mol. The molecule has 120 valence electrons. The number of benzene rings is 2. The van der Waals surface area contributed by atoms with Crippen molar-refractivity contribution in [2.75, 3.05) is 17.2 Å². The molecule has 5 nitrogen and oxygen atoms in total. The van der Waals surface area contributed by atoms with Crippen LogP contribution in [0.1, 0.15) is 5.56 Å². The molecule has 1 amide bonds. The van der Waals surface area contributed by atoms with E-state index in [2.05, 4.69) is 16.3 Å². The summed E-state index contributed by atoms with van der Waals surface area (Å²) in [6, 6.07) is 17.6. The summed E-state index contributed by atoms with van der Waals surface area (Å²) in [7, 11) is 0. The van der Waals surface area contributed by atoms with Crippen molar-refractivity contribution in [3.8, 4) is 11.5 Å². The van der Waals surface area contributed by atoms with Crippen molar-refractivity contribution in [1.29, 1.82) is 0 Å². The van der Waals surface area contributed by atoms with Crippen LogP contribution in [0.15, 0.2) is 64.2 Å². The maximum atomic E-state index is 12.5. The number of thioether (sulfide) groups is 1. The predicted octanol–water partition coefficient (Wildman–Crippen LogP) is 3.42. The monoisotopic (exact) mass is 337 g/mol. The molecule has 6 heteroatoms. The van der Waals surface area contributed by atoms with Crippen molar-refractivity contribution >= 4 is 23.4 Å². The van der Waals surface area contributed by atoms with Gasteiger partial charge in [0.15, 0.2) is 0 Å². The maximum Gasteiger partial charge on any atom is 0.277 e. The number of para-hydroxylation sites is 1. The number of fused-ring (bicyclic) bond motifs is 1. The first-order valence-corrected chi connectivity index (χ1v) is 8.70. The molecule has 0 saturated carbocycles. The number of hydrogen-bond acceptors (Lipinski definition) is 5. The van der Waals surface area contributed by atoms with Crippen LogP contribution in [-0.4, -0.2) is 28.4 Å². The topological polar surface area (TPSA) is 59.2 Å². The Morgan fingerprint density at radius 2 is 1.88 bits per heavy atom. The summed E-state index contributed by atoms with van der Waals surface area (Å²) < 4.78 is 5.62. The Morgan fingerprint density at radius 1 is 1.08 bits per heavy atom. The fourth-order valence-corrected chi connectivity index (χ4v) is 3.40. The summed E-state index contributed by atoms with van der Waals surface area (Å²) in [5, 5.41) is 8.46. The average Bonchev–Trinajstić information content (AvgIpc) is 3.27. The summed E-state index contributed by atoms with van der Waals surface area (Å²) in [6.45, 7) is 0.734. The first kappa shape index (κ1) is 15.0. The Kier molecular flexibility index (Phi) is 4.04. The number of aromatic nitrogens is 2. The van der Waals surface area contributed by atoms with Gasteiger partial charge in [-0.1, -0.05) is 48.2 Å². The van der Waals surface area contributed by atoms with Gasteiger partial charge in [-0.3, -0.25) is 4.79 Å². The zero-order valence-corrected chi connectivity index (χ0v) is 13.7. The fourth-order valence-electron chi connectivity index (χ4n) is 2.76. The van der Waals surface area contributed by atoms with Crippen molar-refractivity contribution in [3.05, 3.63) is 60.2 Å². The zero-order chi connectivity index (χ0) is 16.4. The predicted molar refractivity (Wildman–Crippen MR) is 93.0 cm³/mol. The van der Waals surface area contributed by atoms with Gasteiger partial charge in [-0.25, -0.2) is 0 Å². The van der Waals surface area contributed by atoms with Gasteiger partial charge >= 0.3 is 0 Å². The molecular formula is C18H15N3O2S. The van der Waals surface area contributed by atoms with E-state index in [0.717, 1.165) is 24.2 Å². The van der Waals surface area contributed by atoms with E-state index in [1.54, 1.807) is 0 Å². The van der Waals surface area contributed by atoms with E-state index >= 15 is 0 Å². The molecule has 0 atom stereocenters. The Hall–Kier alpha value is -2.60. The Morgan fingerprint density at radius 3 is 2.75 bits per heavy atom. The molecule has 0 aliphatic carbocycles. The van der Waals surface area contributed by atoms with Crippen LogP contribution in [0.25, 0.3) is 11.5 Å². The van der Waals surface area contributed by atoms with Crippen molar-refractivity contribution in [2.45, 2.75) is 11.6 Å². The lowest BCUT2D eigenvalue weighted by Crippen LogP contribution is -2.30. The third-order valence-electron chi connectivity index (χ3n) is 3.93. The third-order valence-corrected chi connectivity index (χ3v) is 4.74. The van der Waals surface area contributed by atoms with E-state index in [1.807, 2.05) is 53.4 Å². The van der Waals surface area contributed by atoms with E-state index in [9.17, 15) is 4.79 Å². The van der Waals surface area contributed by atoms with Crippen LogP contribution in [0.3, 0.4) is 0 Å². The Bertz CT molecular complexity index is 863. The molecule has 24 heavy (non-hydrogen) atoms. The molecule has 2 aromatic carbocycles. The summed E-state index contributed by atoms with van der Waals surface area (Å²) in [5.41, 5.74) is 3.11. The second-order valence-corrected chi connectivity index (χ2v) is 6.38. The van der Waals surface area contributed by atoms with Crippen LogP contribution in [-0.2, 0) is 11.2 Å². The molecule has 0 saturated heterocycles. The molecule has 0 unspecified atom stereocenters. The number of rotatable bonds is 4. The van der Waals surface area contributed by atoms with Gasteiger partial charge in [0, 0.05) is 17.8 Å². The Labute approximate surface area is 143 Å². The Balaban J connectivity index is 1.41. The molecule has 4 rings (SSSR count). The normalized spacial score (nSPS) is 13.1. The van der Waals surface area contributed by atoms with E-state index in [1.165, 1.54) is 17.3 Å². The van der Waals surface area contributed by atoms with Gasteiger partial charge in [0.2, 0.25) is 11.8 Å². The van der Waals surface area contributed by atoms with Crippen molar-refractivity contribution in [1.82, 2.24) is 10.2 Å². The first-order chi connectivity index (χ1) is 11.8. The van der Waals surface area contributed by atoms with Crippen LogP contribution in [0, 0.1) is 0 Å². The molecule has 3 aromatic rings. The lowest BCUT2D eigenvalue weighted by atomic mass is 10.2. The van der Waals surface area contributed by atoms with E-state index in [-0.39, 0.29) is 11.7 Å². The van der Waals surface area contributed by atoms with Crippen LogP contribution in [0.2, 0.25) is 0 Å². The minimum absolute atomic E-state index is 0.0596. The molecule has 1 aliphatic heterocycles. The van der Waals surface area contributed by atoms with Gasteiger partial charge in [-0.15, -0.1) is 10.2 Å². The lowest BCUT2D eigenvalue weighted by molar-refractivity contribution is -0.116. The van der Waals surface area contributed by atoms with Crippen molar-refractivity contribution in [2.24, 2.45) is 0 Å². The fraction of sp³-hybridized carbons (Fsp3) is 0.167. The first-order valence-electron chi connectivity index (χ1n) is 7.71. The van der Waals surface area contributed by atoms with Gasteiger partial charge in [0.1, 0.15) is 0 Å². The van der Waals surface area contributed by atoms with Gasteiger partial charge in [0.05, 0.1) is 5.75 Å². The van der Waals surface area contributed by atoms with E-state index < -0.39 is 0 Å². The zero-order valence-electron chi connectivity index (χ0n) is 12.9. The second kappa shape index (κ2) is 6.49. The van der Waals surface area contributed by atoms with Crippen LogP contribution in [0.5, 0.6) is 0 Å². The standard InChI is InChI=1S/C18H15N3O2S/c22-16(21-11-10-13-6-4-5-9-15(13)21)12-24-18-20-19-17(23-18)14-7-2-1-3-8-14/h1-9H,10-12H2. The second-order valence-electron chi connectivity index (χ2n) is 5.45. The van der Waals surface area contributed by atoms with Crippen LogP contribution < -0.4 is 4.90 Å². The van der Waals surface area contributed by atoms with Crippen LogP contribution in [0.4, 0.5) is 5.69 Å². The van der Waals surface area contributed by atoms with Gasteiger partial charge in [-0.2, -0.15) is 0 Å². The minimum Gasteiger partial charge on any atom is -0.411 e. The molecule has 0 spiro atoms. The smallest absolute Gasteiger partial charge is 0.277 e. The molecule has 2 heterocycles. The highest BCUT2D eigenvalue weighted by Crippen LogP contribution is 2.29. The minimum atomic E-state index is 0.0596. The van der Waals surface area contributed by atoms with Gasteiger partial charge < -0.3 is 9.32 Å².